The first-order valence-electron chi connectivity index (χ1n) is 14.1. The molecule has 44 heavy (non-hydrogen) atoms. The molecule has 4 aromatic carbocycles. The van der Waals surface area contributed by atoms with Gasteiger partial charge >= 0.3 is 12.1 Å². The van der Waals surface area contributed by atoms with Crippen LogP contribution in [-0.4, -0.2) is 28.5 Å². The number of nitrogens with zero attached hydrogens (tertiary/aromatic N) is 1. The first-order chi connectivity index (χ1) is 21.0. The average Bonchev–Trinajstić information content (AvgIpc) is 3.46. The highest BCUT2D eigenvalue weighted by Gasteiger charge is 2.48. The van der Waals surface area contributed by atoms with E-state index in [2.05, 4.69) is 0 Å². The van der Waals surface area contributed by atoms with Gasteiger partial charge in [0, 0.05) is 13.0 Å². The van der Waals surface area contributed by atoms with Crippen molar-refractivity contribution in [2.75, 3.05) is 6.61 Å². The largest absolute Gasteiger partial charge is 0.479 e. The number of ether oxygens (including phenoxy) is 1. The Morgan fingerprint density at radius 2 is 1.64 bits per heavy atom. The standard InChI is InChI=1S/C35H28F3NO5/c1-22-9-12-25-5-2-3-8-29(25)31(22)32(40)39(21-28-15-16-30(44-28)35(36,37)38)20-23-10-13-24(14-11-23)26-6-4-7-27(19-26)34(33(41)42)17-18-43-34/h2-16,19H,17-18,20-21H2,1H3,(H,41,42). The number of rotatable bonds is 8. The quantitative estimate of drug-likeness (QED) is 0.196. The van der Waals surface area contributed by atoms with Crippen molar-refractivity contribution in [3.63, 3.8) is 0 Å². The summed E-state index contributed by atoms with van der Waals surface area (Å²) in [4.78, 5) is 27.5. The molecule has 1 aliphatic heterocycles. The number of carboxylic acids is 1. The number of alkyl halides is 3. The summed E-state index contributed by atoms with van der Waals surface area (Å²) >= 11 is 0. The first-order valence-corrected chi connectivity index (χ1v) is 14.1. The van der Waals surface area contributed by atoms with Gasteiger partial charge in [-0.15, -0.1) is 0 Å². The topological polar surface area (TPSA) is 80.0 Å². The van der Waals surface area contributed by atoms with Gasteiger partial charge in [-0.1, -0.05) is 78.9 Å². The van der Waals surface area contributed by atoms with Crippen molar-refractivity contribution in [3.8, 4) is 11.1 Å². The van der Waals surface area contributed by atoms with Gasteiger partial charge in [0.05, 0.1) is 18.7 Å². The molecule has 1 fully saturated rings. The zero-order valence-electron chi connectivity index (χ0n) is 23.7. The van der Waals surface area contributed by atoms with Crippen LogP contribution in [0.1, 0.15) is 45.0 Å². The molecule has 2 heterocycles. The molecule has 1 aliphatic rings. The number of carboxylic acid groups (broad SMARTS) is 1. The van der Waals surface area contributed by atoms with Crippen LogP contribution < -0.4 is 0 Å². The van der Waals surface area contributed by atoms with Crippen molar-refractivity contribution in [2.45, 2.75) is 38.2 Å². The number of halogens is 3. The minimum atomic E-state index is -4.64. The Morgan fingerprint density at radius 3 is 2.30 bits per heavy atom. The van der Waals surface area contributed by atoms with Gasteiger partial charge in [-0.05, 0) is 63.7 Å². The molecule has 6 rings (SSSR count). The van der Waals surface area contributed by atoms with Crippen LogP contribution in [0.15, 0.2) is 101 Å². The number of hydrogen-bond donors (Lipinski definition) is 1. The Bertz CT molecular complexity index is 1850. The van der Waals surface area contributed by atoms with Crippen molar-refractivity contribution in [3.05, 3.63) is 131 Å². The third-order valence-electron chi connectivity index (χ3n) is 8.06. The van der Waals surface area contributed by atoms with Crippen molar-refractivity contribution in [1.82, 2.24) is 4.90 Å². The Kier molecular flexibility index (Phi) is 7.51. The number of benzene rings is 4. The molecule has 224 valence electrons. The second-order valence-electron chi connectivity index (χ2n) is 10.9. The van der Waals surface area contributed by atoms with E-state index in [1.807, 2.05) is 73.7 Å². The third kappa shape index (κ3) is 5.46. The van der Waals surface area contributed by atoms with E-state index in [0.717, 1.165) is 39.1 Å². The van der Waals surface area contributed by atoms with E-state index in [1.54, 1.807) is 18.2 Å². The van der Waals surface area contributed by atoms with Gasteiger partial charge in [0.2, 0.25) is 5.76 Å². The van der Waals surface area contributed by atoms with Gasteiger partial charge in [-0.3, -0.25) is 4.79 Å². The second kappa shape index (κ2) is 11.3. The summed E-state index contributed by atoms with van der Waals surface area (Å²) in [5.41, 5.74) is 2.84. The van der Waals surface area contributed by atoms with E-state index in [4.69, 9.17) is 9.15 Å². The third-order valence-corrected chi connectivity index (χ3v) is 8.06. The van der Waals surface area contributed by atoms with E-state index in [9.17, 15) is 27.9 Å². The molecule has 6 nitrogen and oxygen atoms in total. The fraction of sp³-hybridized carbons (Fsp3) is 0.200. The molecule has 0 spiro atoms. The molecule has 1 aromatic heterocycles. The van der Waals surface area contributed by atoms with Crippen LogP contribution in [0.5, 0.6) is 0 Å². The minimum absolute atomic E-state index is 0.0163. The number of aryl methyl sites for hydroxylation is 1. The summed E-state index contributed by atoms with van der Waals surface area (Å²) in [6.45, 7) is 2.16. The predicted octanol–water partition coefficient (Wildman–Crippen LogP) is 7.97. The van der Waals surface area contributed by atoms with Crippen molar-refractivity contribution in [1.29, 1.82) is 0 Å². The van der Waals surface area contributed by atoms with Crippen LogP contribution in [0.2, 0.25) is 0 Å². The zero-order chi connectivity index (χ0) is 31.1. The van der Waals surface area contributed by atoms with Gasteiger partial charge in [-0.2, -0.15) is 13.2 Å². The fourth-order valence-electron chi connectivity index (χ4n) is 5.62. The molecule has 1 amide bonds. The highest BCUT2D eigenvalue weighted by atomic mass is 19.4. The number of amides is 1. The Labute approximate surface area is 251 Å². The summed E-state index contributed by atoms with van der Waals surface area (Å²) in [7, 11) is 0. The van der Waals surface area contributed by atoms with Crippen molar-refractivity contribution < 1.29 is 37.0 Å². The Hall–Kier alpha value is -4.89. The number of aliphatic carboxylic acids is 1. The molecular formula is C35H28F3NO5. The zero-order valence-corrected chi connectivity index (χ0v) is 23.7. The van der Waals surface area contributed by atoms with E-state index in [-0.39, 0.29) is 24.8 Å². The predicted molar refractivity (Wildman–Crippen MR) is 158 cm³/mol. The van der Waals surface area contributed by atoms with Crippen LogP contribution in [0.25, 0.3) is 21.9 Å². The van der Waals surface area contributed by atoms with E-state index < -0.39 is 23.5 Å². The molecule has 1 N–H and O–H groups in total. The van der Waals surface area contributed by atoms with Crippen LogP contribution >= 0.6 is 0 Å². The lowest BCUT2D eigenvalue weighted by atomic mass is 9.85. The molecule has 0 radical (unpaired) electrons. The molecule has 0 bridgehead atoms. The van der Waals surface area contributed by atoms with E-state index in [0.29, 0.717) is 24.2 Å². The molecule has 0 aliphatic carbocycles. The van der Waals surface area contributed by atoms with Crippen LogP contribution in [0, 0.1) is 6.92 Å². The highest BCUT2D eigenvalue weighted by Crippen LogP contribution is 2.39. The Balaban J connectivity index is 1.31. The number of furan rings is 1. The lowest BCUT2D eigenvalue weighted by molar-refractivity contribution is -0.197. The molecule has 1 saturated heterocycles. The summed E-state index contributed by atoms with van der Waals surface area (Å²) in [5, 5.41) is 11.4. The molecule has 1 unspecified atom stereocenters. The smallest absolute Gasteiger partial charge is 0.449 e. The molecular weight excluding hydrogens is 571 g/mol. The second-order valence-corrected chi connectivity index (χ2v) is 10.9. The van der Waals surface area contributed by atoms with Gasteiger partial charge in [0.15, 0.2) is 5.60 Å². The molecule has 1 atom stereocenters. The van der Waals surface area contributed by atoms with Gasteiger partial charge in [-0.25, -0.2) is 4.79 Å². The molecule has 9 heteroatoms. The van der Waals surface area contributed by atoms with Gasteiger partial charge in [0.25, 0.3) is 5.91 Å². The lowest BCUT2D eigenvalue weighted by Crippen LogP contribution is -2.47. The molecule has 0 saturated carbocycles. The summed E-state index contributed by atoms with van der Waals surface area (Å²) in [6, 6.07) is 28.0. The summed E-state index contributed by atoms with van der Waals surface area (Å²) in [5.74, 6) is -2.46. The number of carbonyl (C=O) groups is 2. The lowest BCUT2D eigenvalue weighted by Gasteiger charge is -2.38. The van der Waals surface area contributed by atoms with Crippen LogP contribution in [0.4, 0.5) is 13.2 Å². The van der Waals surface area contributed by atoms with Gasteiger partial charge in [0.1, 0.15) is 5.76 Å². The monoisotopic (exact) mass is 599 g/mol. The van der Waals surface area contributed by atoms with Gasteiger partial charge < -0.3 is 19.2 Å². The van der Waals surface area contributed by atoms with Crippen LogP contribution in [0.3, 0.4) is 0 Å². The number of fused-ring (bicyclic) bond motifs is 1. The summed E-state index contributed by atoms with van der Waals surface area (Å²) < 4.78 is 50.3. The average molecular weight is 600 g/mol. The SMILES string of the molecule is Cc1ccc2ccccc2c1C(=O)N(Cc1ccc(-c2cccc(C3(C(=O)O)CCO3)c2)cc1)Cc1ccc(C(F)(F)F)o1. The highest BCUT2D eigenvalue weighted by molar-refractivity contribution is 6.08. The maximum atomic E-state index is 14.1. The Morgan fingerprint density at radius 1 is 0.886 bits per heavy atom. The number of carbonyl (C=O) groups excluding carboxylic acids is 1. The minimum Gasteiger partial charge on any atom is -0.479 e. The summed E-state index contributed by atoms with van der Waals surface area (Å²) in [6.07, 6.45) is -4.24. The maximum Gasteiger partial charge on any atom is 0.449 e. The fourth-order valence-corrected chi connectivity index (χ4v) is 5.62. The normalized spacial score (nSPS) is 16.5. The molecule has 5 aromatic rings. The van der Waals surface area contributed by atoms with Crippen LogP contribution in [-0.2, 0) is 34.4 Å². The van der Waals surface area contributed by atoms with E-state index >= 15 is 0 Å². The number of hydrogen-bond acceptors (Lipinski definition) is 4. The first kappa shape index (κ1) is 29.2. The maximum absolute atomic E-state index is 14.1. The van der Waals surface area contributed by atoms with Crippen molar-refractivity contribution >= 4 is 22.6 Å². The van der Waals surface area contributed by atoms with E-state index in [1.165, 1.54) is 11.0 Å². The van der Waals surface area contributed by atoms with Crippen molar-refractivity contribution in [2.24, 2.45) is 0 Å².